The molecule has 0 aliphatic carbocycles. The Labute approximate surface area is 150 Å². The first-order valence-electron chi connectivity index (χ1n) is 6.50. The third kappa shape index (κ3) is 4.30. The molecule has 22 heavy (non-hydrogen) atoms. The van der Waals surface area contributed by atoms with Crippen LogP contribution in [0.3, 0.4) is 0 Å². The number of carbonyl (C=O) groups is 1. The van der Waals surface area contributed by atoms with Gasteiger partial charge in [-0.25, -0.2) is 4.79 Å². The summed E-state index contributed by atoms with van der Waals surface area (Å²) in [6, 6.07) is 10.4. The molecule has 2 aromatic carbocycles. The summed E-state index contributed by atoms with van der Waals surface area (Å²) < 4.78 is 6.55. The van der Waals surface area contributed by atoms with Crippen LogP contribution in [0.15, 0.2) is 45.9 Å². The molecule has 0 atom stereocenters. The van der Waals surface area contributed by atoms with Crippen molar-refractivity contribution in [1.29, 1.82) is 0 Å². The molecule has 0 saturated heterocycles. The van der Waals surface area contributed by atoms with Crippen molar-refractivity contribution in [3.05, 3.63) is 55.6 Å². The van der Waals surface area contributed by atoms with Crippen molar-refractivity contribution in [3.8, 4) is 5.75 Å². The predicted molar refractivity (Wildman–Crippen MR) is 98.2 cm³/mol. The maximum absolute atomic E-state index is 11.7. The number of aliphatic imine (C=N–C) groups is 1. The van der Waals surface area contributed by atoms with Crippen molar-refractivity contribution in [3.63, 3.8) is 0 Å². The van der Waals surface area contributed by atoms with Crippen LogP contribution in [0.25, 0.3) is 0 Å². The Bertz CT molecular complexity index is 731. The maximum atomic E-state index is 11.7. The Hall–Kier alpha value is -1.41. The van der Waals surface area contributed by atoms with E-state index in [4.69, 9.17) is 4.74 Å². The van der Waals surface area contributed by atoms with E-state index < -0.39 is 0 Å². The Morgan fingerprint density at radius 1 is 1.41 bits per heavy atom. The molecule has 0 aliphatic rings. The first-order valence-corrected chi connectivity index (χ1v) is 8.37. The van der Waals surface area contributed by atoms with Crippen LogP contribution in [-0.4, -0.2) is 23.9 Å². The van der Waals surface area contributed by atoms with E-state index in [1.54, 1.807) is 43.5 Å². The van der Waals surface area contributed by atoms with Gasteiger partial charge < -0.3 is 9.84 Å². The average molecular weight is 474 g/mol. The molecular weight excluding hydrogens is 461 g/mol. The fourth-order valence-corrected chi connectivity index (χ4v) is 3.31. The molecule has 114 valence electrons. The molecule has 4 nitrogen and oxygen atoms in total. The van der Waals surface area contributed by atoms with Crippen LogP contribution in [0.5, 0.6) is 5.75 Å². The molecule has 0 radical (unpaired) electrons. The number of nitrogens with zero attached hydrogens (tertiary/aromatic N) is 1. The zero-order chi connectivity index (χ0) is 16.1. The first kappa shape index (κ1) is 17.0. The van der Waals surface area contributed by atoms with Crippen molar-refractivity contribution in [2.45, 2.75) is 6.92 Å². The third-order valence-corrected chi connectivity index (χ3v) is 4.05. The number of rotatable bonds is 4. The van der Waals surface area contributed by atoms with Gasteiger partial charge in [0.1, 0.15) is 5.75 Å². The van der Waals surface area contributed by atoms with E-state index in [2.05, 4.69) is 43.5 Å². The minimum atomic E-state index is -0.376. The van der Waals surface area contributed by atoms with Gasteiger partial charge in [0, 0.05) is 16.3 Å². The summed E-state index contributed by atoms with van der Waals surface area (Å²) in [7, 11) is 0. The van der Waals surface area contributed by atoms with Crippen LogP contribution in [0.1, 0.15) is 22.8 Å². The van der Waals surface area contributed by atoms with Gasteiger partial charge in [-0.3, -0.25) is 4.99 Å². The Kier molecular flexibility index (Phi) is 5.96. The summed E-state index contributed by atoms with van der Waals surface area (Å²) in [4.78, 5) is 16.0. The van der Waals surface area contributed by atoms with Gasteiger partial charge in [0.2, 0.25) is 0 Å². The van der Waals surface area contributed by atoms with Gasteiger partial charge in [0.15, 0.2) is 0 Å². The minimum Gasteiger partial charge on any atom is -0.506 e. The largest absolute Gasteiger partial charge is 0.506 e. The number of hydrogen-bond donors (Lipinski definition) is 1. The van der Waals surface area contributed by atoms with Crippen molar-refractivity contribution < 1.29 is 14.6 Å². The van der Waals surface area contributed by atoms with Gasteiger partial charge in [-0.2, -0.15) is 0 Å². The van der Waals surface area contributed by atoms with Crippen molar-refractivity contribution in [2.24, 2.45) is 4.99 Å². The Balaban J connectivity index is 2.27. The normalized spacial score (nSPS) is 10.9. The summed E-state index contributed by atoms with van der Waals surface area (Å²) in [5.41, 5.74) is 1.66. The summed E-state index contributed by atoms with van der Waals surface area (Å²) in [6.45, 7) is 2.09. The fourth-order valence-electron chi connectivity index (χ4n) is 1.76. The molecule has 2 rings (SSSR count). The molecule has 0 spiro atoms. The molecule has 0 aliphatic heterocycles. The van der Waals surface area contributed by atoms with Crippen LogP contribution in [-0.2, 0) is 4.74 Å². The first-order chi connectivity index (χ1) is 10.5. The zero-order valence-electron chi connectivity index (χ0n) is 11.7. The van der Waals surface area contributed by atoms with Crippen LogP contribution in [0.4, 0.5) is 5.69 Å². The second-order valence-corrected chi connectivity index (χ2v) is 6.43. The molecule has 0 unspecified atom stereocenters. The minimum absolute atomic E-state index is 0.175. The SMILES string of the molecule is CCOC(=O)c1cccc(N=Cc2cc(Br)cc(I)c2O)c1. The molecule has 0 amide bonds. The maximum Gasteiger partial charge on any atom is 0.338 e. The van der Waals surface area contributed by atoms with E-state index in [0.717, 1.165) is 8.04 Å². The topological polar surface area (TPSA) is 58.9 Å². The van der Waals surface area contributed by atoms with E-state index >= 15 is 0 Å². The fraction of sp³-hybridized carbons (Fsp3) is 0.125. The van der Waals surface area contributed by atoms with Crippen LogP contribution in [0, 0.1) is 3.57 Å². The second kappa shape index (κ2) is 7.73. The summed E-state index contributed by atoms with van der Waals surface area (Å²) >= 11 is 5.43. The number of hydrogen-bond acceptors (Lipinski definition) is 4. The lowest BCUT2D eigenvalue weighted by Gasteiger charge is -2.04. The second-order valence-electron chi connectivity index (χ2n) is 4.35. The van der Waals surface area contributed by atoms with E-state index in [1.807, 2.05) is 6.07 Å². The molecule has 0 heterocycles. The molecule has 1 N–H and O–H groups in total. The number of phenols is 1. The van der Waals surface area contributed by atoms with Crippen LogP contribution >= 0.6 is 38.5 Å². The number of ether oxygens (including phenoxy) is 1. The average Bonchev–Trinajstić information content (AvgIpc) is 2.50. The van der Waals surface area contributed by atoms with Gasteiger partial charge in [0.25, 0.3) is 0 Å². The van der Waals surface area contributed by atoms with Crippen LogP contribution < -0.4 is 0 Å². The quantitative estimate of drug-likeness (QED) is 0.398. The van der Waals surface area contributed by atoms with E-state index in [0.29, 0.717) is 23.4 Å². The van der Waals surface area contributed by atoms with Crippen molar-refractivity contribution >= 4 is 56.4 Å². The standard InChI is InChI=1S/C16H13BrINO3/c1-2-22-16(21)10-4-3-5-13(7-10)19-9-11-6-12(17)8-14(18)15(11)20/h3-9,20H,2H2,1H3. The highest BCUT2D eigenvalue weighted by molar-refractivity contribution is 14.1. The number of benzene rings is 2. The highest BCUT2D eigenvalue weighted by atomic mass is 127. The number of phenolic OH excluding ortho intramolecular Hbond substituents is 1. The highest BCUT2D eigenvalue weighted by Crippen LogP contribution is 2.28. The molecule has 6 heteroatoms. The van der Waals surface area contributed by atoms with E-state index in [9.17, 15) is 9.90 Å². The number of aromatic hydroxyl groups is 1. The molecule has 2 aromatic rings. The van der Waals surface area contributed by atoms with Gasteiger partial charge in [0.05, 0.1) is 21.4 Å². The molecule has 0 bridgehead atoms. The number of carbonyl (C=O) groups excluding carboxylic acids is 1. The summed E-state index contributed by atoms with van der Waals surface area (Å²) in [5, 5.41) is 10.0. The monoisotopic (exact) mass is 473 g/mol. The van der Waals surface area contributed by atoms with E-state index in [1.165, 1.54) is 0 Å². The Morgan fingerprint density at radius 2 is 2.18 bits per heavy atom. The highest BCUT2D eigenvalue weighted by Gasteiger charge is 2.07. The van der Waals surface area contributed by atoms with E-state index in [-0.39, 0.29) is 11.7 Å². The van der Waals surface area contributed by atoms with Crippen LogP contribution in [0.2, 0.25) is 0 Å². The van der Waals surface area contributed by atoms with Crippen molar-refractivity contribution in [2.75, 3.05) is 6.61 Å². The molecule has 0 aromatic heterocycles. The number of halogens is 2. The van der Waals surface area contributed by atoms with Gasteiger partial charge in [-0.1, -0.05) is 22.0 Å². The molecule has 0 saturated carbocycles. The van der Waals surface area contributed by atoms with Gasteiger partial charge in [-0.05, 0) is 59.8 Å². The van der Waals surface area contributed by atoms with Crippen molar-refractivity contribution in [1.82, 2.24) is 0 Å². The van der Waals surface area contributed by atoms with Gasteiger partial charge in [-0.15, -0.1) is 0 Å². The number of esters is 1. The summed E-state index contributed by atoms with van der Waals surface area (Å²) in [5.74, 6) is -0.200. The Morgan fingerprint density at radius 3 is 2.91 bits per heavy atom. The third-order valence-electron chi connectivity index (χ3n) is 2.77. The lowest BCUT2D eigenvalue weighted by molar-refractivity contribution is 0.0526. The lowest BCUT2D eigenvalue weighted by atomic mass is 10.2. The lowest BCUT2D eigenvalue weighted by Crippen LogP contribution is -2.03. The smallest absolute Gasteiger partial charge is 0.338 e. The van der Waals surface area contributed by atoms with Gasteiger partial charge >= 0.3 is 5.97 Å². The molecular formula is C16H13BrINO3. The summed E-state index contributed by atoms with van der Waals surface area (Å²) in [6.07, 6.45) is 1.56. The molecule has 0 fully saturated rings. The predicted octanol–water partition coefficient (Wildman–Crippen LogP) is 4.69. The zero-order valence-corrected chi connectivity index (χ0v) is 15.5.